The molecule has 0 bridgehead atoms. The fraction of sp³-hybridized carbons (Fsp3) is 0.690. The number of nitrogens with two attached hydrogens (primary N) is 1. The summed E-state index contributed by atoms with van der Waals surface area (Å²) < 4.78 is 33.1. The lowest BCUT2D eigenvalue weighted by molar-refractivity contribution is -0.161. The van der Waals surface area contributed by atoms with Crippen LogP contribution in [0.1, 0.15) is 284 Å². The maximum Gasteiger partial charge on any atom is 0.472 e. The molecule has 9 nitrogen and oxygen atoms in total. The summed E-state index contributed by atoms with van der Waals surface area (Å²) in [6, 6.07) is 0. The molecule has 10 heteroatoms. The van der Waals surface area contributed by atoms with Gasteiger partial charge in [0.2, 0.25) is 0 Å². The molecule has 0 aromatic heterocycles. The third kappa shape index (κ3) is 65.4. The molecule has 3 N–H and O–H groups in total. The van der Waals surface area contributed by atoms with Crippen molar-refractivity contribution < 1.29 is 37.6 Å². The van der Waals surface area contributed by atoms with Gasteiger partial charge in [0.1, 0.15) is 6.61 Å². The van der Waals surface area contributed by atoms with E-state index >= 15 is 0 Å². The highest BCUT2D eigenvalue weighted by molar-refractivity contribution is 7.47. The molecule has 0 aliphatic heterocycles. The number of ether oxygens (including phenoxy) is 2. The summed E-state index contributed by atoms with van der Waals surface area (Å²) in [5.41, 5.74) is 5.40. The van der Waals surface area contributed by atoms with E-state index in [1.807, 2.05) is 0 Å². The molecule has 81 heavy (non-hydrogen) atoms. The largest absolute Gasteiger partial charge is 0.472 e. The van der Waals surface area contributed by atoms with Crippen molar-refractivity contribution in [2.75, 3.05) is 26.4 Å². The lowest BCUT2D eigenvalue weighted by Crippen LogP contribution is -2.29. The van der Waals surface area contributed by atoms with Gasteiger partial charge in [0.25, 0.3) is 0 Å². The number of hydrogen-bond donors (Lipinski definition) is 2. The summed E-state index contributed by atoms with van der Waals surface area (Å²) in [7, 11) is -4.40. The summed E-state index contributed by atoms with van der Waals surface area (Å²) in [6.07, 6.45) is 91.2. The minimum absolute atomic E-state index is 0.0477. The zero-order chi connectivity index (χ0) is 58.7. The summed E-state index contributed by atoms with van der Waals surface area (Å²) >= 11 is 0. The highest BCUT2D eigenvalue weighted by Crippen LogP contribution is 2.43. The number of hydrogen-bond acceptors (Lipinski definition) is 8. The van der Waals surface area contributed by atoms with Crippen LogP contribution in [0.2, 0.25) is 0 Å². The van der Waals surface area contributed by atoms with Gasteiger partial charge in [0.05, 0.1) is 13.2 Å². The van der Waals surface area contributed by atoms with Crippen molar-refractivity contribution in [2.24, 2.45) is 5.73 Å². The quantitative estimate of drug-likeness (QED) is 0.0264. The van der Waals surface area contributed by atoms with Gasteiger partial charge in [-0.05, 0) is 109 Å². The van der Waals surface area contributed by atoms with E-state index in [9.17, 15) is 19.0 Å². The van der Waals surface area contributed by atoms with Gasteiger partial charge >= 0.3 is 19.8 Å². The molecule has 0 radical (unpaired) electrons. The molecule has 2 atom stereocenters. The molecule has 464 valence electrons. The van der Waals surface area contributed by atoms with Gasteiger partial charge in [0.15, 0.2) is 6.10 Å². The minimum atomic E-state index is -4.40. The molecule has 0 aromatic rings. The molecule has 0 fully saturated rings. The average molecular weight is 1150 g/mol. The summed E-state index contributed by atoms with van der Waals surface area (Å²) in [5.74, 6) is -0.833. The monoisotopic (exact) mass is 1150 g/mol. The van der Waals surface area contributed by atoms with Crippen LogP contribution >= 0.6 is 7.82 Å². The number of rotatable bonds is 61. The summed E-state index contributed by atoms with van der Waals surface area (Å²) in [4.78, 5) is 35.3. The molecule has 0 spiro atoms. The van der Waals surface area contributed by atoms with Crippen LogP contribution in [0.5, 0.6) is 0 Å². The molecule has 0 amide bonds. The van der Waals surface area contributed by atoms with Crippen LogP contribution in [-0.4, -0.2) is 49.3 Å². The van der Waals surface area contributed by atoms with E-state index < -0.39 is 26.5 Å². The average Bonchev–Trinajstić information content (AvgIpc) is 3.46. The van der Waals surface area contributed by atoms with Crippen LogP contribution in [0.15, 0.2) is 122 Å². The first-order valence-electron chi connectivity index (χ1n) is 33.0. The predicted molar refractivity (Wildman–Crippen MR) is 348 cm³/mol. The highest BCUT2D eigenvalue weighted by Gasteiger charge is 2.26. The predicted octanol–water partition coefficient (Wildman–Crippen LogP) is 21.5. The fourth-order valence-corrected chi connectivity index (χ4v) is 9.74. The van der Waals surface area contributed by atoms with E-state index in [4.69, 9.17) is 24.3 Å². The summed E-state index contributed by atoms with van der Waals surface area (Å²) in [5, 5.41) is 0. The Morgan fingerprint density at radius 1 is 0.383 bits per heavy atom. The highest BCUT2D eigenvalue weighted by atomic mass is 31.2. The number of carbonyl (C=O) groups is 2. The Balaban J connectivity index is 3.96. The topological polar surface area (TPSA) is 134 Å². The Bertz CT molecular complexity index is 1740. The van der Waals surface area contributed by atoms with Crippen molar-refractivity contribution in [3.63, 3.8) is 0 Å². The number of phosphoric ester groups is 1. The second-order valence-corrected chi connectivity index (χ2v) is 23.1. The number of carbonyl (C=O) groups excluding carboxylic acids is 2. The number of esters is 2. The van der Waals surface area contributed by atoms with Gasteiger partial charge < -0.3 is 20.1 Å². The van der Waals surface area contributed by atoms with Crippen LogP contribution < -0.4 is 5.73 Å². The molecular formula is C71H122NO8P. The van der Waals surface area contributed by atoms with Crippen molar-refractivity contribution in [2.45, 2.75) is 290 Å². The van der Waals surface area contributed by atoms with Gasteiger partial charge in [-0.1, -0.05) is 283 Å². The van der Waals surface area contributed by atoms with E-state index in [1.165, 1.54) is 148 Å². The van der Waals surface area contributed by atoms with Crippen molar-refractivity contribution in [3.8, 4) is 0 Å². The number of phosphoric acid groups is 1. The third-order valence-corrected chi connectivity index (χ3v) is 14.8. The Labute approximate surface area is 498 Å². The first-order valence-corrected chi connectivity index (χ1v) is 34.5. The van der Waals surface area contributed by atoms with Gasteiger partial charge in [-0.25, -0.2) is 4.57 Å². The number of allylic oxidation sites excluding steroid dienone is 20. The third-order valence-electron chi connectivity index (χ3n) is 13.8. The first-order chi connectivity index (χ1) is 39.8. The molecular weight excluding hydrogens is 1030 g/mol. The molecule has 0 aliphatic rings. The molecule has 0 saturated carbocycles. The van der Waals surface area contributed by atoms with Crippen LogP contribution in [0.3, 0.4) is 0 Å². The Morgan fingerprint density at radius 2 is 0.679 bits per heavy atom. The lowest BCUT2D eigenvalue weighted by Gasteiger charge is -2.19. The summed E-state index contributed by atoms with van der Waals surface area (Å²) in [6.45, 7) is 3.63. The zero-order valence-electron chi connectivity index (χ0n) is 52.0. The van der Waals surface area contributed by atoms with Crippen molar-refractivity contribution in [1.82, 2.24) is 0 Å². The standard InChI is InChI=1S/C71H122NO8P/c1-3-5-7-9-11-13-15-17-19-21-23-25-27-29-31-32-33-34-35-36-38-40-42-44-46-48-50-52-54-56-58-60-62-64-71(74)80-69(68-79-81(75,76)78-66-65-72)67-77-70(73)63-61-59-57-55-53-51-49-47-45-43-41-39-37-30-28-26-24-22-20-18-16-14-12-10-8-6-4-2/h5,7,11,13,16-19,22-25,28-31,33-34,36,38,69H,3-4,6,8-10,12,14-15,20-21,26-27,32,35,37,39-68,72H2,1-2H3,(H,75,76)/b7-5-,13-11-,18-16-,19-17-,24-22-,25-23-,30-28-,31-29-,34-33-,38-36-. The van der Waals surface area contributed by atoms with Crippen LogP contribution in [0.25, 0.3) is 0 Å². The molecule has 0 aliphatic carbocycles. The maximum absolute atomic E-state index is 12.8. The van der Waals surface area contributed by atoms with E-state index in [0.717, 1.165) is 103 Å². The lowest BCUT2D eigenvalue weighted by atomic mass is 10.0. The van der Waals surface area contributed by atoms with E-state index in [2.05, 4.69) is 135 Å². The van der Waals surface area contributed by atoms with E-state index in [1.54, 1.807) is 0 Å². The minimum Gasteiger partial charge on any atom is -0.462 e. The van der Waals surface area contributed by atoms with E-state index in [0.29, 0.717) is 6.42 Å². The smallest absolute Gasteiger partial charge is 0.462 e. The van der Waals surface area contributed by atoms with Gasteiger partial charge in [0, 0.05) is 19.4 Å². The van der Waals surface area contributed by atoms with E-state index in [-0.39, 0.29) is 38.6 Å². The van der Waals surface area contributed by atoms with Crippen molar-refractivity contribution in [3.05, 3.63) is 122 Å². The van der Waals surface area contributed by atoms with Crippen LogP contribution in [-0.2, 0) is 32.7 Å². The fourth-order valence-electron chi connectivity index (χ4n) is 8.98. The second kappa shape index (κ2) is 65.6. The second-order valence-electron chi connectivity index (χ2n) is 21.6. The molecule has 0 aromatic carbocycles. The Kier molecular flexibility index (Phi) is 62.7. The van der Waals surface area contributed by atoms with Crippen LogP contribution in [0.4, 0.5) is 0 Å². The Hall–Kier alpha value is -3.59. The first kappa shape index (κ1) is 77.4. The zero-order valence-corrected chi connectivity index (χ0v) is 52.9. The molecule has 0 heterocycles. The molecule has 2 unspecified atom stereocenters. The van der Waals surface area contributed by atoms with Gasteiger partial charge in [-0.2, -0.15) is 0 Å². The van der Waals surface area contributed by atoms with Gasteiger partial charge in [-0.3, -0.25) is 18.6 Å². The number of unbranched alkanes of at least 4 members (excludes halogenated alkanes) is 28. The normalized spacial score (nSPS) is 13.8. The van der Waals surface area contributed by atoms with Crippen LogP contribution in [0, 0.1) is 0 Å². The SMILES string of the molecule is CC/C=C\C/C=C\C/C=C\C/C=C\C/C=C\C/C=C\C/C=C\CCCCCCCCCCCCCC(=O)OC(COC(=O)CCCCCCCCCCCCCC/C=C\C/C=C\C/C=C\CCCCCCC)COP(=O)(O)OCCN. The maximum atomic E-state index is 12.8. The molecule has 0 saturated heterocycles. The van der Waals surface area contributed by atoms with Crippen molar-refractivity contribution in [1.29, 1.82) is 0 Å². The Morgan fingerprint density at radius 3 is 1.01 bits per heavy atom. The molecule has 0 rings (SSSR count). The van der Waals surface area contributed by atoms with Gasteiger partial charge in [-0.15, -0.1) is 0 Å². The van der Waals surface area contributed by atoms with Crippen molar-refractivity contribution >= 4 is 19.8 Å².